The first-order valence-electron chi connectivity index (χ1n) is 6.02. The average molecular weight is 300 g/mol. The number of amides is 1. The van der Waals surface area contributed by atoms with Gasteiger partial charge in [0, 0.05) is 12.7 Å². The average Bonchev–Trinajstić information content (AvgIpc) is 2.26. The molecule has 0 fully saturated rings. The van der Waals surface area contributed by atoms with E-state index in [2.05, 4.69) is 5.32 Å². The molecule has 0 atom stereocenters. The number of primary sulfonamides is 1. The van der Waals surface area contributed by atoms with Gasteiger partial charge in [0.15, 0.2) is 0 Å². The van der Waals surface area contributed by atoms with E-state index in [0.29, 0.717) is 12.2 Å². The molecule has 0 aliphatic carbocycles. The van der Waals surface area contributed by atoms with Crippen LogP contribution in [0.25, 0.3) is 0 Å². The molecular weight excluding hydrogens is 280 g/mol. The maximum absolute atomic E-state index is 12.2. The van der Waals surface area contributed by atoms with Gasteiger partial charge in [-0.05, 0) is 38.5 Å². The van der Waals surface area contributed by atoms with E-state index in [1.807, 2.05) is 13.8 Å². The largest absolute Gasteiger partial charge is 0.382 e. The Kier molecular flexibility index (Phi) is 4.90. The molecule has 1 rings (SSSR count). The zero-order valence-electron chi connectivity index (χ0n) is 12.1. The molecule has 1 amide bonds. The summed E-state index contributed by atoms with van der Waals surface area (Å²) in [6.07, 6.45) is 0. The van der Waals surface area contributed by atoms with Crippen LogP contribution in [0, 0.1) is 6.92 Å². The minimum absolute atomic E-state index is 0.0854. The van der Waals surface area contributed by atoms with Crippen LogP contribution in [0.3, 0.4) is 0 Å². The highest BCUT2D eigenvalue weighted by Crippen LogP contribution is 2.16. The fourth-order valence-electron chi connectivity index (χ4n) is 1.79. The van der Waals surface area contributed by atoms with Crippen molar-refractivity contribution >= 4 is 15.9 Å². The highest BCUT2D eigenvalue weighted by atomic mass is 32.2. The van der Waals surface area contributed by atoms with Gasteiger partial charge in [0.2, 0.25) is 10.0 Å². The minimum Gasteiger partial charge on any atom is -0.382 e. The number of hydrogen-bond donors (Lipinski definition) is 2. The third-order valence-electron chi connectivity index (χ3n) is 2.74. The van der Waals surface area contributed by atoms with Gasteiger partial charge in [-0.15, -0.1) is 0 Å². The van der Waals surface area contributed by atoms with Gasteiger partial charge in [0.1, 0.15) is 0 Å². The van der Waals surface area contributed by atoms with Crippen molar-refractivity contribution < 1.29 is 17.9 Å². The topological polar surface area (TPSA) is 98.5 Å². The predicted molar refractivity (Wildman–Crippen MR) is 76.0 cm³/mol. The van der Waals surface area contributed by atoms with E-state index in [4.69, 9.17) is 9.88 Å². The molecular formula is C13H20N2O4S. The molecule has 0 saturated heterocycles. The number of carbonyl (C=O) groups excluding carboxylic acids is 1. The zero-order valence-corrected chi connectivity index (χ0v) is 12.9. The summed E-state index contributed by atoms with van der Waals surface area (Å²) in [4.78, 5) is 12.1. The Labute approximate surface area is 119 Å². The van der Waals surface area contributed by atoms with E-state index < -0.39 is 15.6 Å². The lowest BCUT2D eigenvalue weighted by Crippen LogP contribution is -2.47. The number of aryl methyl sites for hydroxylation is 1. The zero-order chi connectivity index (χ0) is 15.6. The highest BCUT2D eigenvalue weighted by Gasteiger charge is 2.23. The van der Waals surface area contributed by atoms with Crippen molar-refractivity contribution in [3.05, 3.63) is 29.3 Å². The van der Waals surface area contributed by atoms with Gasteiger partial charge in [-0.1, -0.05) is 6.07 Å². The Morgan fingerprint density at radius 3 is 2.50 bits per heavy atom. The first-order chi connectivity index (χ1) is 9.07. The third kappa shape index (κ3) is 4.29. The molecule has 0 aromatic heterocycles. The molecule has 0 heterocycles. The lowest BCUT2D eigenvalue weighted by Gasteiger charge is -2.25. The smallest absolute Gasteiger partial charge is 0.252 e. The van der Waals surface area contributed by atoms with E-state index in [1.54, 1.807) is 20.1 Å². The number of hydrogen-bond acceptors (Lipinski definition) is 4. The van der Waals surface area contributed by atoms with Gasteiger partial charge in [0.25, 0.3) is 5.91 Å². The molecule has 0 aliphatic rings. The van der Waals surface area contributed by atoms with E-state index in [9.17, 15) is 13.2 Å². The Bertz CT molecular complexity index is 609. The third-order valence-corrected chi connectivity index (χ3v) is 3.65. The number of ether oxygens (including phenoxy) is 1. The Morgan fingerprint density at radius 2 is 2.00 bits per heavy atom. The van der Waals surface area contributed by atoms with Gasteiger partial charge in [0.05, 0.1) is 17.0 Å². The van der Waals surface area contributed by atoms with Crippen LogP contribution in [-0.2, 0) is 14.8 Å². The van der Waals surface area contributed by atoms with Crippen LogP contribution in [0.2, 0.25) is 0 Å². The predicted octanol–water partition coefficient (Wildman–Crippen LogP) is 0.797. The van der Waals surface area contributed by atoms with Crippen LogP contribution >= 0.6 is 0 Å². The summed E-state index contributed by atoms with van der Waals surface area (Å²) >= 11 is 0. The SMILES string of the molecule is COCC(C)(C)NC(=O)c1cc(S(N)(=O)=O)ccc1C. The van der Waals surface area contributed by atoms with Crippen molar-refractivity contribution in [2.75, 3.05) is 13.7 Å². The lowest BCUT2D eigenvalue weighted by atomic mass is 10.0. The first kappa shape index (κ1) is 16.6. The Morgan fingerprint density at radius 1 is 1.40 bits per heavy atom. The number of rotatable bonds is 5. The van der Waals surface area contributed by atoms with Crippen molar-refractivity contribution in [2.45, 2.75) is 31.2 Å². The molecule has 6 nitrogen and oxygen atoms in total. The molecule has 7 heteroatoms. The number of nitrogens with two attached hydrogens (primary N) is 1. The van der Waals surface area contributed by atoms with Gasteiger partial charge in [-0.3, -0.25) is 4.79 Å². The molecule has 112 valence electrons. The molecule has 0 aliphatic heterocycles. The summed E-state index contributed by atoms with van der Waals surface area (Å²) in [5, 5.41) is 7.86. The molecule has 0 unspecified atom stereocenters. The standard InChI is InChI=1S/C13H20N2O4S/c1-9-5-6-10(20(14,17)18)7-11(9)12(16)15-13(2,3)8-19-4/h5-7H,8H2,1-4H3,(H,15,16)(H2,14,17,18). The number of benzene rings is 1. The van der Waals surface area contributed by atoms with Crippen LogP contribution in [-0.4, -0.2) is 33.6 Å². The normalized spacial score (nSPS) is 12.2. The maximum Gasteiger partial charge on any atom is 0.252 e. The van der Waals surface area contributed by atoms with Crippen molar-refractivity contribution in [2.24, 2.45) is 5.14 Å². The van der Waals surface area contributed by atoms with Crippen LogP contribution in [0.4, 0.5) is 0 Å². The van der Waals surface area contributed by atoms with E-state index in [1.165, 1.54) is 12.1 Å². The summed E-state index contributed by atoms with van der Waals surface area (Å²) in [6.45, 7) is 5.69. The van der Waals surface area contributed by atoms with Crippen molar-refractivity contribution in [1.29, 1.82) is 0 Å². The van der Waals surface area contributed by atoms with Crippen LogP contribution < -0.4 is 10.5 Å². The Hall–Kier alpha value is -1.44. The first-order valence-corrected chi connectivity index (χ1v) is 7.56. The van der Waals surface area contributed by atoms with E-state index >= 15 is 0 Å². The molecule has 1 aromatic rings. The number of carbonyl (C=O) groups is 1. The van der Waals surface area contributed by atoms with Crippen LogP contribution in [0.5, 0.6) is 0 Å². The molecule has 0 radical (unpaired) electrons. The maximum atomic E-state index is 12.2. The van der Waals surface area contributed by atoms with Crippen LogP contribution in [0.1, 0.15) is 29.8 Å². The van der Waals surface area contributed by atoms with E-state index in [0.717, 1.165) is 0 Å². The minimum atomic E-state index is -3.83. The summed E-state index contributed by atoms with van der Waals surface area (Å²) in [6, 6.07) is 4.21. The van der Waals surface area contributed by atoms with Gasteiger partial charge in [-0.25, -0.2) is 13.6 Å². The van der Waals surface area contributed by atoms with Gasteiger partial charge >= 0.3 is 0 Å². The molecule has 0 saturated carbocycles. The molecule has 20 heavy (non-hydrogen) atoms. The molecule has 0 bridgehead atoms. The fourth-order valence-corrected chi connectivity index (χ4v) is 2.33. The number of nitrogens with one attached hydrogen (secondary N) is 1. The fraction of sp³-hybridized carbons (Fsp3) is 0.462. The van der Waals surface area contributed by atoms with Gasteiger partial charge in [-0.2, -0.15) is 0 Å². The van der Waals surface area contributed by atoms with Crippen LogP contribution in [0.15, 0.2) is 23.1 Å². The lowest BCUT2D eigenvalue weighted by molar-refractivity contribution is 0.0819. The van der Waals surface area contributed by atoms with Gasteiger partial charge < -0.3 is 10.1 Å². The second kappa shape index (κ2) is 5.90. The summed E-state index contributed by atoms with van der Waals surface area (Å²) in [7, 11) is -2.29. The number of methoxy groups -OCH3 is 1. The summed E-state index contributed by atoms with van der Waals surface area (Å²) < 4.78 is 27.7. The van der Waals surface area contributed by atoms with Crippen molar-refractivity contribution in [3.8, 4) is 0 Å². The van der Waals surface area contributed by atoms with E-state index in [-0.39, 0.29) is 16.4 Å². The van der Waals surface area contributed by atoms with Crippen molar-refractivity contribution in [3.63, 3.8) is 0 Å². The molecule has 3 N–H and O–H groups in total. The second-order valence-electron chi connectivity index (χ2n) is 5.29. The number of sulfonamides is 1. The highest BCUT2D eigenvalue weighted by molar-refractivity contribution is 7.89. The quantitative estimate of drug-likeness (QED) is 0.840. The monoisotopic (exact) mass is 300 g/mol. The molecule has 0 spiro atoms. The van der Waals surface area contributed by atoms with Crippen molar-refractivity contribution in [1.82, 2.24) is 5.32 Å². The Balaban J connectivity index is 3.10. The molecule has 1 aromatic carbocycles. The summed E-state index contributed by atoms with van der Waals surface area (Å²) in [5.41, 5.74) is 0.388. The summed E-state index contributed by atoms with van der Waals surface area (Å²) in [5.74, 6) is -0.366. The second-order valence-corrected chi connectivity index (χ2v) is 6.85.